The quantitative estimate of drug-likeness (QED) is 0.406. The van der Waals surface area contributed by atoms with Crippen molar-refractivity contribution < 1.29 is 9.72 Å². The van der Waals surface area contributed by atoms with Crippen LogP contribution >= 0.6 is 0 Å². The van der Waals surface area contributed by atoms with E-state index in [1.54, 1.807) is 0 Å². The van der Waals surface area contributed by atoms with Crippen molar-refractivity contribution in [2.45, 2.75) is 69.6 Å². The Bertz CT molecular complexity index is 622. The van der Waals surface area contributed by atoms with Crippen molar-refractivity contribution in [2.24, 2.45) is 5.92 Å². The van der Waals surface area contributed by atoms with Gasteiger partial charge in [-0.1, -0.05) is 70.6 Å². The van der Waals surface area contributed by atoms with Crippen molar-refractivity contribution in [3.63, 3.8) is 0 Å². The smallest absolute Gasteiger partial charge is 0.211 e. The molecule has 1 saturated carbocycles. The van der Waals surface area contributed by atoms with Crippen LogP contribution < -0.4 is 0 Å². The first kappa shape index (κ1) is 19.8. The summed E-state index contributed by atoms with van der Waals surface area (Å²) in [4.78, 5) is 24.4. The Balaban J connectivity index is 2.35. The largest absolute Gasteiger partial charge is 0.299 e. The van der Waals surface area contributed by atoms with E-state index in [2.05, 4.69) is 33.9 Å². The van der Waals surface area contributed by atoms with Gasteiger partial charge in [-0.25, -0.2) is 0 Å². The number of hydrogen-bond donors (Lipinski definition) is 0. The summed E-state index contributed by atoms with van der Waals surface area (Å²) in [5.41, 5.74) is 1.03. The molecular formula is C20H31NO3Si. The molecule has 0 spiro atoms. The Morgan fingerprint density at radius 1 is 1.20 bits per heavy atom. The average Bonchev–Trinajstić information content (AvgIpc) is 2.52. The third-order valence-electron chi connectivity index (χ3n) is 6.58. The molecular weight excluding hydrogens is 330 g/mol. The van der Waals surface area contributed by atoms with Gasteiger partial charge < -0.3 is 0 Å². The van der Waals surface area contributed by atoms with Crippen molar-refractivity contribution in [3.8, 4) is 0 Å². The predicted molar refractivity (Wildman–Crippen MR) is 104 cm³/mol. The summed E-state index contributed by atoms with van der Waals surface area (Å²) in [5, 5.41) is 11.4. The topological polar surface area (TPSA) is 60.2 Å². The second-order valence-corrected chi connectivity index (χ2v) is 14.6. The number of carbonyl (C=O) groups excluding carboxylic acids is 1. The molecule has 0 unspecified atom stereocenters. The fraction of sp³-hybridized carbons (Fsp3) is 0.650. The fourth-order valence-corrected chi connectivity index (χ4v) is 6.95. The minimum atomic E-state index is -1.82. The first-order valence-corrected chi connectivity index (χ1v) is 12.3. The van der Waals surface area contributed by atoms with Crippen molar-refractivity contribution in [1.29, 1.82) is 0 Å². The molecule has 0 heterocycles. The molecule has 138 valence electrons. The first-order chi connectivity index (χ1) is 11.6. The van der Waals surface area contributed by atoms with Crippen LogP contribution in [0.5, 0.6) is 0 Å². The lowest BCUT2D eigenvalue weighted by Crippen LogP contribution is -2.49. The predicted octanol–water partition coefficient (Wildman–Crippen LogP) is 5.29. The monoisotopic (exact) mass is 361 g/mol. The Kier molecular flexibility index (Phi) is 5.87. The summed E-state index contributed by atoms with van der Waals surface area (Å²) in [5.74, 6) is -0.245. The standard InChI is InChI=1S/C20H31NO3Si/c1-20(2,3)25(4,5)18-13-9-12-16(19(18)22)17(14-21(23)24)15-10-7-6-8-11-15/h6-8,10-11,16-18H,9,12-14H2,1-5H3/t16-,17-,18+/m0/s1. The minimum Gasteiger partial charge on any atom is -0.299 e. The highest BCUT2D eigenvalue weighted by molar-refractivity contribution is 6.84. The van der Waals surface area contributed by atoms with Crippen LogP contribution in [0.2, 0.25) is 23.7 Å². The summed E-state index contributed by atoms with van der Waals surface area (Å²) in [6, 6.07) is 9.57. The highest BCUT2D eigenvalue weighted by atomic mass is 28.3. The molecule has 25 heavy (non-hydrogen) atoms. The zero-order valence-electron chi connectivity index (χ0n) is 16.1. The lowest BCUT2D eigenvalue weighted by atomic mass is 9.75. The second-order valence-electron chi connectivity index (χ2n) is 9.00. The molecule has 0 aliphatic heterocycles. The second kappa shape index (κ2) is 7.40. The molecule has 3 atom stereocenters. The molecule has 5 heteroatoms. The van der Waals surface area contributed by atoms with Crippen molar-refractivity contribution in [1.82, 2.24) is 0 Å². The molecule has 0 saturated heterocycles. The summed E-state index contributed by atoms with van der Waals surface area (Å²) >= 11 is 0. The Labute approximate surface area is 152 Å². The number of ketones is 1. The van der Waals surface area contributed by atoms with E-state index >= 15 is 0 Å². The zero-order chi connectivity index (χ0) is 18.8. The summed E-state index contributed by atoms with van der Waals surface area (Å²) in [6.07, 6.45) is 2.72. The van der Waals surface area contributed by atoms with E-state index in [1.807, 2.05) is 30.3 Å². The van der Waals surface area contributed by atoms with Gasteiger partial charge in [-0.05, 0) is 23.4 Å². The number of benzene rings is 1. The van der Waals surface area contributed by atoms with E-state index in [1.165, 1.54) is 0 Å². The molecule has 2 rings (SSSR count). The average molecular weight is 362 g/mol. The molecule has 0 radical (unpaired) electrons. The van der Waals surface area contributed by atoms with Gasteiger partial charge in [0.25, 0.3) is 0 Å². The van der Waals surface area contributed by atoms with Gasteiger partial charge in [-0.2, -0.15) is 0 Å². The van der Waals surface area contributed by atoms with Gasteiger partial charge in [0, 0.05) is 16.4 Å². The van der Waals surface area contributed by atoms with Crippen molar-refractivity contribution in [2.75, 3.05) is 6.54 Å². The maximum absolute atomic E-state index is 13.4. The van der Waals surface area contributed by atoms with Gasteiger partial charge in [0.1, 0.15) is 5.78 Å². The number of nitrogens with zero attached hydrogens (tertiary/aromatic N) is 1. The van der Waals surface area contributed by atoms with Crippen molar-refractivity contribution >= 4 is 13.9 Å². The van der Waals surface area contributed by atoms with Gasteiger partial charge in [-0.3, -0.25) is 14.9 Å². The molecule has 1 aromatic rings. The van der Waals surface area contributed by atoms with Crippen LogP contribution in [0.25, 0.3) is 0 Å². The number of Topliss-reactive ketones (excluding diaryl/α,β-unsaturated/α-hetero) is 1. The number of carbonyl (C=O) groups is 1. The van der Waals surface area contributed by atoms with E-state index in [0.29, 0.717) is 0 Å². The fourth-order valence-electron chi connectivity index (χ4n) is 4.05. The molecule has 1 aliphatic rings. The maximum Gasteiger partial charge on any atom is 0.211 e. The summed E-state index contributed by atoms with van der Waals surface area (Å²) < 4.78 is 0. The van der Waals surface area contributed by atoms with Crippen LogP contribution in [0, 0.1) is 16.0 Å². The lowest BCUT2D eigenvalue weighted by Gasteiger charge is -2.46. The highest BCUT2D eigenvalue weighted by Crippen LogP contribution is 2.50. The summed E-state index contributed by atoms with van der Waals surface area (Å²) in [7, 11) is -1.82. The van der Waals surface area contributed by atoms with Crippen LogP contribution in [0.3, 0.4) is 0 Å². The number of hydrogen-bond acceptors (Lipinski definition) is 3. The van der Waals surface area contributed by atoms with E-state index < -0.39 is 8.07 Å². The lowest BCUT2D eigenvalue weighted by molar-refractivity contribution is -0.484. The molecule has 1 fully saturated rings. The van der Waals surface area contributed by atoms with E-state index in [9.17, 15) is 14.9 Å². The number of nitro groups is 1. The van der Waals surface area contributed by atoms with Gasteiger partial charge in [0.2, 0.25) is 6.54 Å². The van der Waals surface area contributed by atoms with Crippen LogP contribution in [0.4, 0.5) is 0 Å². The third-order valence-corrected chi connectivity index (χ3v) is 12.8. The third kappa shape index (κ3) is 4.19. The Hall–Kier alpha value is -1.49. The van der Waals surface area contributed by atoms with Crippen LogP contribution in [-0.4, -0.2) is 25.3 Å². The molecule has 0 bridgehead atoms. The number of rotatable bonds is 5. The molecule has 0 aromatic heterocycles. The van der Waals surface area contributed by atoms with Gasteiger partial charge >= 0.3 is 0 Å². The van der Waals surface area contributed by atoms with Crippen LogP contribution in [0.1, 0.15) is 51.5 Å². The van der Waals surface area contributed by atoms with Gasteiger partial charge in [0.15, 0.2) is 0 Å². The molecule has 0 N–H and O–H groups in total. The van der Waals surface area contributed by atoms with E-state index in [-0.39, 0.29) is 39.7 Å². The molecule has 1 aliphatic carbocycles. The van der Waals surface area contributed by atoms with Gasteiger partial charge in [0.05, 0.1) is 14.0 Å². The molecule has 1 aromatic carbocycles. The molecule has 4 nitrogen and oxygen atoms in total. The Morgan fingerprint density at radius 2 is 1.80 bits per heavy atom. The normalized spacial score (nSPS) is 23.3. The summed E-state index contributed by atoms with van der Waals surface area (Å²) in [6.45, 7) is 11.2. The Morgan fingerprint density at radius 3 is 2.32 bits per heavy atom. The van der Waals surface area contributed by atoms with Gasteiger partial charge in [-0.15, -0.1) is 0 Å². The van der Waals surface area contributed by atoms with E-state index in [0.717, 1.165) is 24.8 Å². The van der Waals surface area contributed by atoms with E-state index in [4.69, 9.17) is 0 Å². The highest BCUT2D eigenvalue weighted by Gasteiger charge is 2.50. The first-order valence-electron chi connectivity index (χ1n) is 9.26. The minimum absolute atomic E-state index is 0.101. The zero-order valence-corrected chi connectivity index (χ0v) is 17.1. The maximum atomic E-state index is 13.4. The SMILES string of the molecule is CC(C)(C)[Si](C)(C)[C@@H]1CCC[C@@H]([C@@H](C[N+](=O)[O-])c2ccccc2)C1=O. The van der Waals surface area contributed by atoms with Crippen molar-refractivity contribution in [3.05, 3.63) is 46.0 Å². The molecule has 0 amide bonds. The van der Waals surface area contributed by atoms with Crippen LogP contribution in [0.15, 0.2) is 30.3 Å². The van der Waals surface area contributed by atoms with Crippen LogP contribution in [-0.2, 0) is 4.79 Å².